The summed E-state index contributed by atoms with van der Waals surface area (Å²) in [4.78, 5) is 0. The van der Waals surface area contributed by atoms with Gasteiger partial charge in [-0.1, -0.05) is 42.5 Å². The maximum atomic E-state index is 5.74. The Labute approximate surface area is 91.8 Å². The van der Waals surface area contributed by atoms with Gasteiger partial charge in [-0.05, 0) is 31.2 Å². The van der Waals surface area contributed by atoms with E-state index in [4.69, 9.17) is 4.74 Å². The highest BCUT2D eigenvalue weighted by molar-refractivity contribution is 5.14. The maximum absolute atomic E-state index is 5.74. The van der Waals surface area contributed by atoms with Crippen LogP contribution in [0.25, 0.3) is 0 Å². The van der Waals surface area contributed by atoms with Gasteiger partial charge >= 0.3 is 0 Å². The molecule has 2 rings (SSSR count). The van der Waals surface area contributed by atoms with Gasteiger partial charge in [-0.2, -0.15) is 0 Å². The van der Waals surface area contributed by atoms with Crippen LogP contribution in [0.1, 0.15) is 24.8 Å². The highest BCUT2D eigenvalue weighted by Crippen LogP contribution is 2.14. The fourth-order valence-corrected chi connectivity index (χ4v) is 1.94. The SMILES string of the molecule is C1=CCOC(CCc2ccccc2)CC1. The minimum absolute atomic E-state index is 0.445. The predicted octanol–water partition coefficient (Wildman–Crippen LogP) is 3.35. The molecule has 0 saturated carbocycles. The quantitative estimate of drug-likeness (QED) is 0.683. The van der Waals surface area contributed by atoms with Crippen LogP contribution >= 0.6 is 0 Å². The van der Waals surface area contributed by atoms with Crippen molar-refractivity contribution in [2.45, 2.75) is 31.8 Å². The second-order valence-electron chi connectivity index (χ2n) is 4.03. The van der Waals surface area contributed by atoms with Crippen LogP contribution in [-0.2, 0) is 11.2 Å². The highest BCUT2D eigenvalue weighted by Gasteiger charge is 2.09. The average Bonchev–Trinajstić information content (AvgIpc) is 2.56. The molecule has 1 aliphatic rings. The van der Waals surface area contributed by atoms with E-state index in [9.17, 15) is 0 Å². The maximum Gasteiger partial charge on any atom is 0.0651 e. The summed E-state index contributed by atoms with van der Waals surface area (Å²) in [7, 11) is 0. The predicted molar refractivity (Wildman–Crippen MR) is 62.9 cm³/mol. The van der Waals surface area contributed by atoms with Crippen molar-refractivity contribution in [3.05, 3.63) is 48.0 Å². The van der Waals surface area contributed by atoms with Gasteiger partial charge in [0.25, 0.3) is 0 Å². The second-order valence-corrected chi connectivity index (χ2v) is 4.03. The monoisotopic (exact) mass is 202 g/mol. The van der Waals surface area contributed by atoms with Crippen molar-refractivity contribution in [3.8, 4) is 0 Å². The molecule has 0 aromatic heterocycles. The summed E-state index contributed by atoms with van der Waals surface area (Å²) >= 11 is 0. The van der Waals surface area contributed by atoms with Gasteiger partial charge in [-0.3, -0.25) is 0 Å². The molecule has 0 saturated heterocycles. The molecule has 0 bridgehead atoms. The number of hydrogen-bond donors (Lipinski definition) is 0. The lowest BCUT2D eigenvalue weighted by atomic mass is 10.0. The molecule has 1 nitrogen and oxygen atoms in total. The van der Waals surface area contributed by atoms with Gasteiger partial charge in [-0.25, -0.2) is 0 Å². The van der Waals surface area contributed by atoms with Crippen molar-refractivity contribution < 1.29 is 4.74 Å². The minimum atomic E-state index is 0.445. The molecule has 80 valence electrons. The molecule has 1 unspecified atom stereocenters. The van der Waals surface area contributed by atoms with Crippen LogP contribution in [-0.4, -0.2) is 12.7 Å². The van der Waals surface area contributed by atoms with Gasteiger partial charge in [0.1, 0.15) is 0 Å². The van der Waals surface area contributed by atoms with Crippen molar-refractivity contribution >= 4 is 0 Å². The molecule has 0 fully saturated rings. The van der Waals surface area contributed by atoms with Gasteiger partial charge in [0.2, 0.25) is 0 Å². The molecule has 1 heteroatoms. The van der Waals surface area contributed by atoms with Crippen LogP contribution < -0.4 is 0 Å². The molecule has 0 spiro atoms. The number of hydrogen-bond acceptors (Lipinski definition) is 1. The molecule has 1 atom stereocenters. The average molecular weight is 202 g/mol. The van der Waals surface area contributed by atoms with Crippen LogP contribution in [0, 0.1) is 0 Å². The van der Waals surface area contributed by atoms with E-state index in [1.807, 2.05) is 0 Å². The first-order valence-electron chi connectivity index (χ1n) is 5.75. The van der Waals surface area contributed by atoms with E-state index < -0.39 is 0 Å². The second kappa shape index (κ2) is 5.72. The Morgan fingerprint density at radius 3 is 2.87 bits per heavy atom. The largest absolute Gasteiger partial charge is 0.374 e. The number of benzene rings is 1. The topological polar surface area (TPSA) is 9.23 Å². The highest BCUT2D eigenvalue weighted by atomic mass is 16.5. The van der Waals surface area contributed by atoms with Gasteiger partial charge < -0.3 is 4.74 Å². The first kappa shape index (κ1) is 10.4. The summed E-state index contributed by atoms with van der Waals surface area (Å²) in [6, 6.07) is 10.6. The van der Waals surface area contributed by atoms with Crippen LogP contribution in [0.4, 0.5) is 0 Å². The van der Waals surface area contributed by atoms with Crippen molar-refractivity contribution in [3.63, 3.8) is 0 Å². The normalized spacial score (nSPS) is 21.2. The lowest BCUT2D eigenvalue weighted by molar-refractivity contribution is 0.0664. The Morgan fingerprint density at radius 2 is 2.00 bits per heavy atom. The third kappa shape index (κ3) is 3.52. The molecule has 1 heterocycles. The Balaban J connectivity index is 1.78. The van der Waals surface area contributed by atoms with E-state index in [0.717, 1.165) is 19.4 Å². The fraction of sp³-hybridized carbons (Fsp3) is 0.429. The molecule has 1 aliphatic heterocycles. The van der Waals surface area contributed by atoms with Gasteiger partial charge in [0.15, 0.2) is 0 Å². The minimum Gasteiger partial charge on any atom is -0.374 e. The zero-order valence-corrected chi connectivity index (χ0v) is 9.06. The van der Waals surface area contributed by atoms with E-state index in [1.165, 1.54) is 18.4 Å². The van der Waals surface area contributed by atoms with E-state index in [1.54, 1.807) is 0 Å². The van der Waals surface area contributed by atoms with E-state index in [-0.39, 0.29) is 0 Å². The summed E-state index contributed by atoms with van der Waals surface area (Å²) < 4.78 is 5.74. The standard InChI is InChI=1S/C14H18O/c1-3-7-13(8-4-1)10-11-14-9-5-2-6-12-15-14/h1-4,6-8,14H,5,9-12H2. The number of aryl methyl sites for hydroxylation is 1. The van der Waals surface area contributed by atoms with E-state index in [2.05, 4.69) is 42.5 Å². The van der Waals surface area contributed by atoms with Crippen molar-refractivity contribution in [2.24, 2.45) is 0 Å². The third-order valence-corrected chi connectivity index (χ3v) is 2.85. The van der Waals surface area contributed by atoms with Crippen molar-refractivity contribution in [1.82, 2.24) is 0 Å². The summed E-state index contributed by atoms with van der Waals surface area (Å²) in [5.41, 5.74) is 1.42. The molecule has 0 radical (unpaired) electrons. The van der Waals surface area contributed by atoms with Crippen molar-refractivity contribution in [2.75, 3.05) is 6.61 Å². The molecule has 0 amide bonds. The summed E-state index contributed by atoms with van der Waals surface area (Å²) in [6.45, 7) is 0.791. The third-order valence-electron chi connectivity index (χ3n) is 2.85. The van der Waals surface area contributed by atoms with Crippen LogP contribution in [0.3, 0.4) is 0 Å². The smallest absolute Gasteiger partial charge is 0.0651 e. The van der Waals surface area contributed by atoms with Gasteiger partial charge in [-0.15, -0.1) is 0 Å². The summed E-state index contributed by atoms with van der Waals surface area (Å²) in [6.07, 6.45) is 9.41. The fourth-order valence-electron chi connectivity index (χ4n) is 1.94. The number of ether oxygens (including phenoxy) is 1. The molecular weight excluding hydrogens is 184 g/mol. The molecule has 15 heavy (non-hydrogen) atoms. The lowest BCUT2D eigenvalue weighted by Crippen LogP contribution is -2.12. The van der Waals surface area contributed by atoms with Gasteiger partial charge in [0.05, 0.1) is 12.7 Å². The van der Waals surface area contributed by atoms with Gasteiger partial charge in [0, 0.05) is 0 Å². The Hall–Kier alpha value is -1.08. The molecular formula is C14H18O. The molecule has 0 N–H and O–H groups in total. The number of allylic oxidation sites excluding steroid dienone is 1. The molecule has 1 aromatic rings. The zero-order chi connectivity index (χ0) is 10.3. The molecule has 0 aliphatic carbocycles. The number of rotatable bonds is 3. The molecule has 1 aromatic carbocycles. The van der Waals surface area contributed by atoms with E-state index in [0.29, 0.717) is 6.10 Å². The zero-order valence-electron chi connectivity index (χ0n) is 9.06. The van der Waals surface area contributed by atoms with Crippen molar-refractivity contribution in [1.29, 1.82) is 0 Å². The lowest BCUT2D eigenvalue weighted by Gasteiger charge is -2.14. The Kier molecular flexibility index (Phi) is 3.98. The Morgan fingerprint density at radius 1 is 1.13 bits per heavy atom. The summed E-state index contributed by atoms with van der Waals surface area (Å²) in [5, 5.41) is 0. The van der Waals surface area contributed by atoms with Crippen LogP contribution in [0.2, 0.25) is 0 Å². The summed E-state index contributed by atoms with van der Waals surface area (Å²) in [5.74, 6) is 0. The Bertz CT molecular complexity index is 292. The van der Waals surface area contributed by atoms with Crippen LogP contribution in [0.5, 0.6) is 0 Å². The van der Waals surface area contributed by atoms with E-state index >= 15 is 0 Å². The first-order valence-corrected chi connectivity index (χ1v) is 5.75. The first-order chi connectivity index (χ1) is 7.45. The van der Waals surface area contributed by atoms with Crippen LogP contribution in [0.15, 0.2) is 42.5 Å².